The van der Waals surface area contributed by atoms with E-state index in [1.807, 2.05) is 0 Å². The molecule has 0 radical (unpaired) electrons. The van der Waals surface area contributed by atoms with Gasteiger partial charge < -0.3 is 9.84 Å². The predicted octanol–water partition coefficient (Wildman–Crippen LogP) is 3.06. The Morgan fingerprint density at radius 2 is 1.88 bits per heavy atom. The second-order valence-electron chi connectivity index (χ2n) is 5.37. The Kier molecular flexibility index (Phi) is 6.41. The number of aryl methyl sites for hydroxylation is 1. The van der Waals surface area contributed by atoms with Crippen LogP contribution in [0.5, 0.6) is 11.5 Å². The summed E-state index contributed by atoms with van der Waals surface area (Å²) in [5.41, 5.74) is 1.44. The largest absolute Gasteiger partial charge is 0.504 e. The number of nitrogens with zero attached hydrogens (tertiary/aromatic N) is 1. The standard InChI is InChI=1S/C18H22N2O4S/c1-3-6-14-9-11-16(12-10-14)25(22,23)20-19-13-15-7-5-8-17(18(15)21)24-4-2/h5,7-13,20-21H,3-4,6H2,1-2H3. The molecule has 0 aromatic heterocycles. The van der Waals surface area contributed by atoms with Crippen LogP contribution >= 0.6 is 0 Å². The molecule has 25 heavy (non-hydrogen) atoms. The maximum absolute atomic E-state index is 12.2. The number of phenolic OH excluding ortho intramolecular Hbond substituents is 1. The molecule has 2 aromatic rings. The summed E-state index contributed by atoms with van der Waals surface area (Å²) in [6.07, 6.45) is 3.14. The molecular weight excluding hydrogens is 340 g/mol. The fourth-order valence-corrected chi connectivity index (χ4v) is 3.05. The first-order valence-electron chi connectivity index (χ1n) is 8.06. The molecule has 2 N–H and O–H groups in total. The minimum atomic E-state index is -3.76. The van der Waals surface area contributed by atoms with E-state index in [9.17, 15) is 13.5 Å². The molecule has 2 aromatic carbocycles. The van der Waals surface area contributed by atoms with Gasteiger partial charge in [-0.25, -0.2) is 4.83 Å². The first-order chi connectivity index (χ1) is 12.0. The second-order valence-corrected chi connectivity index (χ2v) is 7.03. The molecule has 0 amide bonds. The molecule has 0 spiro atoms. The first-order valence-corrected chi connectivity index (χ1v) is 9.54. The van der Waals surface area contributed by atoms with Crippen molar-refractivity contribution < 1.29 is 18.3 Å². The van der Waals surface area contributed by atoms with Crippen molar-refractivity contribution in [3.63, 3.8) is 0 Å². The van der Waals surface area contributed by atoms with Gasteiger partial charge in [0.1, 0.15) is 0 Å². The molecule has 0 saturated heterocycles. The maximum Gasteiger partial charge on any atom is 0.276 e. The van der Waals surface area contributed by atoms with Crippen LogP contribution in [0.25, 0.3) is 0 Å². The van der Waals surface area contributed by atoms with Gasteiger partial charge in [-0.05, 0) is 43.2 Å². The van der Waals surface area contributed by atoms with Gasteiger partial charge in [-0.1, -0.05) is 31.5 Å². The number of aromatic hydroxyl groups is 1. The van der Waals surface area contributed by atoms with E-state index < -0.39 is 10.0 Å². The van der Waals surface area contributed by atoms with Crippen LogP contribution in [0.4, 0.5) is 0 Å². The zero-order chi connectivity index (χ0) is 18.3. The molecule has 0 aliphatic rings. The number of phenols is 1. The van der Waals surface area contributed by atoms with Crippen LogP contribution < -0.4 is 9.57 Å². The highest BCUT2D eigenvalue weighted by Gasteiger charge is 2.12. The predicted molar refractivity (Wildman–Crippen MR) is 97.6 cm³/mol. The summed E-state index contributed by atoms with van der Waals surface area (Å²) in [7, 11) is -3.76. The number of hydrogen-bond acceptors (Lipinski definition) is 5. The Hall–Kier alpha value is -2.54. The maximum atomic E-state index is 12.2. The van der Waals surface area contributed by atoms with Crippen LogP contribution in [0.15, 0.2) is 52.5 Å². The van der Waals surface area contributed by atoms with Crippen LogP contribution in [-0.2, 0) is 16.4 Å². The van der Waals surface area contributed by atoms with Crippen molar-refractivity contribution in [1.29, 1.82) is 0 Å². The number of sulfonamides is 1. The van der Waals surface area contributed by atoms with Crippen molar-refractivity contribution in [2.45, 2.75) is 31.6 Å². The average Bonchev–Trinajstić information content (AvgIpc) is 2.59. The lowest BCUT2D eigenvalue weighted by molar-refractivity contribution is 0.318. The number of nitrogens with one attached hydrogen (secondary N) is 1. The SMILES string of the molecule is CCCc1ccc(S(=O)(=O)NN=Cc2cccc(OCC)c2O)cc1. The van der Waals surface area contributed by atoms with Crippen LogP contribution in [0, 0.1) is 0 Å². The number of ether oxygens (including phenoxy) is 1. The Bertz CT molecular complexity index is 831. The summed E-state index contributed by atoms with van der Waals surface area (Å²) in [5.74, 6) is 0.233. The topological polar surface area (TPSA) is 88.0 Å². The van der Waals surface area contributed by atoms with E-state index in [-0.39, 0.29) is 10.6 Å². The third kappa shape index (κ3) is 4.96. The van der Waals surface area contributed by atoms with Gasteiger partial charge in [0.2, 0.25) is 0 Å². The molecule has 0 heterocycles. The Labute approximate surface area is 148 Å². The second kappa shape index (κ2) is 8.53. The van der Waals surface area contributed by atoms with Gasteiger partial charge in [0, 0.05) is 5.56 Å². The van der Waals surface area contributed by atoms with Crippen molar-refractivity contribution >= 4 is 16.2 Å². The molecule has 0 aliphatic heterocycles. The van der Waals surface area contributed by atoms with Crippen molar-refractivity contribution in [3.05, 3.63) is 53.6 Å². The van der Waals surface area contributed by atoms with E-state index >= 15 is 0 Å². The van der Waals surface area contributed by atoms with Crippen LogP contribution in [0.1, 0.15) is 31.4 Å². The highest BCUT2D eigenvalue weighted by molar-refractivity contribution is 7.89. The lowest BCUT2D eigenvalue weighted by atomic mass is 10.1. The van der Waals surface area contributed by atoms with Crippen LogP contribution in [0.3, 0.4) is 0 Å². The molecule has 7 heteroatoms. The third-order valence-electron chi connectivity index (χ3n) is 3.48. The molecule has 0 unspecified atom stereocenters. The summed E-state index contributed by atoms with van der Waals surface area (Å²) < 4.78 is 29.7. The summed E-state index contributed by atoms with van der Waals surface area (Å²) in [6.45, 7) is 4.28. The van der Waals surface area contributed by atoms with Crippen molar-refractivity contribution in [3.8, 4) is 11.5 Å². The molecule has 0 fully saturated rings. The van der Waals surface area contributed by atoms with E-state index in [1.165, 1.54) is 6.21 Å². The average molecular weight is 362 g/mol. The van der Waals surface area contributed by atoms with Gasteiger partial charge in [0.25, 0.3) is 10.0 Å². The zero-order valence-electron chi connectivity index (χ0n) is 14.3. The highest BCUT2D eigenvalue weighted by Crippen LogP contribution is 2.28. The Morgan fingerprint density at radius 1 is 1.16 bits per heavy atom. The minimum absolute atomic E-state index is 0.0868. The molecule has 134 valence electrons. The van der Waals surface area contributed by atoms with Crippen molar-refractivity contribution in [1.82, 2.24) is 4.83 Å². The van der Waals surface area contributed by atoms with E-state index in [0.29, 0.717) is 17.9 Å². The zero-order valence-corrected chi connectivity index (χ0v) is 15.1. The van der Waals surface area contributed by atoms with Gasteiger partial charge in [-0.2, -0.15) is 13.5 Å². The number of para-hydroxylation sites is 1. The van der Waals surface area contributed by atoms with Crippen molar-refractivity contribution in [2.75, 3.05) is 6.61 Å². The van der Waals surface area contributed by atoms with Gasteiger partial charge >= 0.3 is 0 Å². The quantitative estimate of drug-likeness (QED) is 0.558. The smallest absolute Gasteiger partial charge is 0.276 e. The monoisotopic (exact) mass is 362 g/mol. The number of benzene rings is 2. The Morgan fingerprint density at radius 3 is 2.52 bits per heavy atom. The highest BCUT2D eigenvalue weighted by atomic mass is 32.2. The van der Waals surface area contributed by atoms with E-state index in [1.54, 1.807) is 49.4 Å². The van der Waals surface area contributed by atoms with E-state index in [2.05, 4.69) is 16.9 Å². The van der Waals surface area contributed by atoms with Crippen LogP contribution in [0.2, 0.25) is 0 Å². The summed E-state index contributed by atoms with van der Waals surface area (Å²) in [6, 6.07) is 11.6. The summed E-state index contributed by atoms with van der Waals surface area (Å²) >= 11 is 0. The molecular formula is C18H22N2O4S. The molecule has 0 aliphatic carbocycles. The van der Waals surface area contributed by atoms with E-state index in [4.69, 9.17) is 4.74 Å². The van der Waals surface area contributed by atoms with Gasteiger partial charge in [0.05, 0.1) is 17.7 Å². The number of hydrogen-bond donors (Lipinski definition) is 2. The molecule has 0 saturated carbocycles. The summed E-state index contributed by atoms with van der Waals surface area (Å²) in [4.78, 5) is 2.28. The minimum Gasteiger partial charge on any atom is -0.504 e. The molecule has 2 rings (SSSR count). The third-order valence-corrected chi connectivity index (χ3v) is 4.72. The molecule has 6 nitrogen and oxygen atoms in total. The lowest BCUT2D eigenvalue weighted by Crippen LogP contribution is -2.18. The molecule has 0 bridgehead atoms. The van der Waals surface area contributed by atoms with Gasteiger partial charge in [-0.15, -0.1) is 0 Å². The Balaban J connectivity index is 2.11. The normalized spacial score (nSPS) is 11.6. The van der Waals surface area contributed by atoms with Gasteiger partial charge in [-0.3, -0.25) is 0 Å². The van der Waals surface area contributed by atoms with Crippen LogP contribution in [-0.4, -0.2) is 26.3 Å². The fraction of sp³-hybridized carbons (Fsp3) is 0.278. The first kappa shape index (κ1) is 18.8. The summed E-state index contributed by atoms with van der Waals surface area (Å²) in [5, 5.41) is 13.8. The fourth-order valence-electron chi connectivity index (χ4n) is 2.26. The van der Waals surface area contributed by atoms with E-state index in [0.717, 1.165) is 18.4 Å². The molecule has 0 atom stereocenters. The number of rotatable bonds is 8. The van der Waals surface area contributed by atoms with Crippen molar-refractivity contribution in [2.24, 2.45) is 5.10 Å². The number of hydrazone groups is 1. The van der Waals surface area contributed by atoms with Gasteiger partial charge in [0.15, 0.2) is 11.5 Å². The lowest BCUT2D eigenvalue weighted by Gasteiger charge is -2.07.